The van der Waals surface area contributed by atoms with Crippen LogP contribution in [0.5, 0.6) is 5.75 Å². The van der Waals surface area contributed by atoms with Gasteiger partial charge in [-0.15, -0.1) is 0 Å². The number of ether oxygens (including phenoxy) is 3. The molecule has 1 saturated heterocycles. The zero-order valence-corrected chi connectivity index (χ0v) is 16.8. The highest BCUT2D eigenvalue weighted by atomic mass is 32.2. The van der Waals surface area contributed by atoms with Gasteiger partial charge in [-0.1, -0.05) is 12.1 Å². The van der Waals surface area contributed by atoms with E-state index in [9.17, 15) is 17.6 Å². The van der Waals surface area contributed by atoms with E-state index in [0.29, 0.717) is 6.42 Å². The van der Waals surface area contributed by atoms with Gasteiger partial charge in [0.05, 0.1) is 32.5 Å². The minimum Gasteiger partial charge on any atom is -0.497 e. The van der Waals surface area contributed by atoms with E-state index in [-0.39, 0.29) is 38.5 Å². The number of sulfonamides is 1. The number of methoxy groups -OCH3 is 1. The van der Waals surface area contributed by atoms with Crippen LogP contribution in [0.25, 0.3) is 0 Å². The van der Waals surface area contributed by atoms with Crippen molar-refractivity contribution >= 4 is 16.0 Å². The van der Waals surface area contributed by atoms with E-state index in [1.165, 1.54) is 6.07 Å². The van der Waals surface area contributed by atoms with E-state index >= 15 is 0 Å². The molecule has 1 aliphatic rings. The molecular formula is C20H22FNO6S. The summed E-state index contributed by atoms with van der Waals surface area (Å²) >= 11 is 0. The Morgan fingerprint density at radius 2 is 1.83 bits per heavy atom. The van der Waals surface area contributed by atoms with E-state index in [1.54, 1.807) is 19.2 Å². The second-order valence-corrected chi connectivity index (χ2v) is 8.30. The highest BCUT2D eigenvalue weighted by molar-refractivity contribution is 7.89. The number of hydrogen-bond acceptors (Lipinski definition) is 6. The Labute approximate surface area is 169 Å². The smallest absolute Gasteiger partial charge is 0.338 e. The highest BCUT2D eigenvalue weighted by Crippen LogP contribution is 2.22. The quantitative estimate of drug-likeness (QED) is 0.636. The molecule has 0 unspecified atom stereocenters. The summed E-state index contributed by atoms with van der Waals surface area (Å²) in [7, 11) is -2.48. The molecule has 3 rings (SSSR count). The first-order valence-electron chi connectivity index (χ1n) is 9.09. The Hall–Kier alpha value is -2.49. The van der Waals surface area contributed by atoms with Crippen molar-refractivity contribution in [2.75, 3.05) is 40.0 Å². The molecule has 156 valence electrons. The van der Waals surface area contributed by atoms with Crippen LogP contribution in [0.1, 0.15) is 15.9 Å². The van der Waals surface area contributed by atoms with E-state index in [4.69, 9.17) is 14.2 Å². The molecule has 0 atom stereocenters. The summed E-state index contributed by atoms with van der Waals surface area (Å²) in [5.41, 5.74) is 0.932. The summed E-state index contributed by atoms with van der Waals surface area (Å²) in [6.45, 7) is 0.868. The third-order valence-electron chi connectivity index (χ3n) is 4.54. The molecule has 2 aromatic rings. The van der Waals surface area contributed by atoms with Gasteiger partial charge < -0.3 is 14.2 Å². The van der Waals surface area contributed by atoms with E-state index in [2.05, 4.69) is 0 Å². The second kappa shape index (κ2) is 9.34. The predicted molar refractivity (Wildman–Crippen MR) is 103 cm³/mol. The summed E-state index contributed by atoms with van der Waals surface area (Å²) in [6.07, 6.45) is 0.482. The minimum absolute atomic E-state index is 0.0204. The van der Waals surface area contributed by atoms with Crippen LogP contribution in [0.15, 0.2) is 47.4 Å². The Morgan fingerprint density at radius 3 is 2.48 bits per heavy atom. The molecule has 1 fully saturated rings. The highest BCUT2D eigenvalue weighted by Gasteiger charge is 2.30. The van der Waals surface area contributed by atoms with E-state index in [0.717, 1.165) is 27.8 Å². The number of morpholine rings is 1. The SMILES string of the molecule is COc1ccc(CCOC(=O)c2ccc(F)c(S(=O)(=O)N3CCOCC3)c2)cc1. The molecule has 9 heteroatoms. The topological polar surface area (TPSA) is 82.1 Å². The maximum Gasteiger partial charge on any atom is 0.338 e. The third kappa shape index (κ3) is 5.11. The van der Waals surface area contributed by atoms with Crippen molar-refractivity contribution in [3.05, 3.63) is 59.4 Å². The van der Waals surface area contributed by atoms with Crippen molar-refractivity contribution in [3.63, 3.8) is 0 Å². The van der Waals surface area contributed by atoms with Gasteiger partial charge in [0.2, 0.25) is 10.0 Å². The minimum atomic E-state index is -4.06. The normalized spacial score (nSPS) is 15.1. The number of benzene rings is 2. The molecule has 1 heterocycles. The van der Waals surface area contributed by atoms with Crippen molar-refractivity contribution in [2.45, 2.75) is 11.3 Å². The van der Waals surface area contributed by atoms with Crippen molar-refractivity contribution in [1.82, 2.24) is 4.31 Å². The number of halogens is 1. The maximum absolute atomic E-state index is 14.2. The maximum atomic E-state index is 14.2. The van der Waals surface area contributed by atoms with Crippen LogP contribution in [0.4, 0.5) is 4.39 Å². The molecular weight excluding hydrogens is 401 g/mol. The number of carbonyl (C=O) groups excluding carboxylic acids is 1. The average Bonchev–Trinajstić information content (AvgIpc) is 2.75. The van der Waals surface area contributed by atoms with Crippen LogP contribution in [0.3, 0.4) is 0 Å². The van der Waals surface area contributed by atoms with E-state index < -0.39 is 26.7 Å². The molecule has 29 heavy (non-hydrogen) atoms. The Bertz CT molecular complexity index is 955. The van der Waals surface area contributed by atoms with Gasteiger partial charge >= 0.3 is 5.97 Å². The first-order valence-corrected chi connectivity index (χ1v) is 10.5. The molecule has 0 spiro atoms. The molecule has 0 radical (unpaired) electrons. The lowest BCUT2D eigenvalue weighted by molar-refractivity contribution is 0.0508. The van der Waals surface area contributed by atoms with Crippen LogP contribution in [0.2, 0.25) is 0 Å². The molecule has 0 amide bonds. The second-order valence-electron chi connectivity index (χ2n) is 6.40. The van der Waals surface area contributed by atoms with Gasteiger partial charge in [0.25, 0.3) is 0 Å². The Balaban J connectivity index is 1.67. The lowest BCUT2D eigenvalue weighted by Gasteiger charge is -2.26. The average molecular weight is 423 g/mol. The largest absolute Gasteiger partial charge is 0.497 e. The van der Waals surface area contributed by atoms with E-state index in [1.807, 2.05) is 12.1 Å². The standard InChI is InChI=1S/C20H22FNO6S/c1-26-17-5-2-15(3-6-17)8-11-28-20(23)16-4-7-18(21)19(14-16)29(24,25)22-9-12-27-13-10-22/h2-7,14H,8-13H2,1H3. The van der Waals surface area contributed by atoms with Gasteiger partial charge in [-0.25, -0.2) is 17.6 Å². The lowest BCUT2D eigenvalue weighted by atomic mass is 10.1. The van der Waals surface area contributed by atoms with Gasteiger partial charge in [0, 0.05) is 19.5 Å². The van der Waals surface area contributed by atoms with Crippen LogP contribution in [0, 0.1) is 5.82 Å². The Morgan fingerprint density at radius 1 is 1.14 bits per heavy atom. The third-order valence-corrected chi connectivity index (χ3v) is 6.45. The number of nitrogens with zero attached hydrogens (tertiary/aromatic N) is 1. The molecule has 2 aromatic carbocycles. The molecule has 0 aliphatic carbocycles. The van der Waals surface area contributed by atoms with Crippen LogP contribution < -0.4 is 4.74 Å². The zero-order valence-electron chi connectivity index (χ0n) is 16.0. The fraction of sp³-hybridized carbons (Fsp3) is 0.350. The summed E-state index contributed by atoms with van der Waals surface area (Å²) in [6, 6.07) is 10.5. The molecule has 0 bridgehead atoms. The van der Waals surface area contributed by atoms with Gasteiger partial charge in [0.15, 0.2) is 0 Å². The van der Waals surface area contributed by atoms with Crippen molar-refractivity contribution in [2.24, 2.45) is 0 Å². The van der Waals surface area contributed by atoms with Crippen LogP contribution in [-0.2, 0) is 25.9 Å². The molecule has 0 aromatic heterocycles. The van der Waals surface area contributed by atoms with Gasteiger partial charge in [0.1, 0.15) is 16.5 Å². The summed E-state index contributed by atoms with van der Waals surface area (Å²) in [4.78, 5) is 11.8. The molecule has 1 aliphatic heterocycles. The fourth-order valence-electron chi connectivity index (χ4n) is 2.89. The van der Waals surface area contributed by atoms with Crippen molar-refractivity contribution in [3.8, 4) is 5.75 Å². The number of esters is 1. The molecule has 0 N–H and O–H groups in total. The molecule has 7 nitrogen and oxygen atoms in total. The Kier molecular flexibility index (Phi) is 6.83. The van der Waals surface area contributed by atoms with Crippen molar-refractivity contribution < 1.29 is 31.8 Å². The fourth-order valence-corrected chi connectivity index (χ4v) is 4.39. The number of carbonyl (C=O) groups is 1. The summed E-state index contributed by atoms with van der Waals surface area (Å²) in [5.74, 6) is -0.894. The summed E-state index contributed by atoms with van der Waals surface area (Å²) < 4.78 is 56.2. The van der Waals surface area contributed by atoms with Gasteiger partial charge in [-0.05, 0) is 35.9 Å². The van der Waals surface area contributed by atoms with Crippen LogP contribution >= 0.6 is 0 Å². The monoisotopic (exact) mass is 423 g/mol. The van der Waals surface area contributed by atoms with Gasteiger partial charge in [-0.2, -0.15) is 4.31 Å². The number of hydrogen-bond donors (Lipinski definition) is 0. The van der Waals surface area contributed by atoms with Crippen molar-refractivity contribution in [1.29, 1.82) is 0 Å². The molecule has 0 saturated carbocycles. The summed E-state index contributed by atoms with van der Waals surface area (Å²) in [5, 5.41) is 0. The first-order chi connectivity index (χ1) is 13.9. The lowest BCUT2D eigenvalue weighted by Crippen LogP contribution is -2.41. The van der Waals surface area contributed by atoms with Gasteiger partial charge in [-0.3, -0.25) is 0 Å². The first kappa shape index (κ1) is 21.2. The van der Waals surface area contributed by atoms with Crippen LogP contribution in [-0.4, -0.2) is 58.7 Å². The predicted octanol–water partition coefficient (Wildman–Crippen LogP) is 2.25. The zero-order chi connectivity index (χ0) is 20.9. The number of rotatable bonds is 7.